The maximum absolute atomic E-state index is 13.2. The number of nitrogens with one attached hydrogen (secondary N) is 1. The third kappa shape index (κ3) is 5.56. The Balaban J connectivity index is 1.50. The van der Waals surface area contributed by atoms with Crippen LogP contribution in [-0.4, -0.2) is 40.9 Å². The van der Waals surface area contributed by atoms with Gasteiger partial charge in [0.25, 0.3) is 0 Å². The number of aromatic nitrogens is 5. The second kappa shape index (κ2) is 9.97. The first-order valence-corrected chi connectivity index (χ1v) is 13.3. The van der Waals surface area contributed by atoms with Gasteiger partial charge >= 0.3 is 12.1 Å². The molecule has 4 aromatic rings. The van der Waals surface area contributed by atoms with Crippen LogP contribution in [0.2, 0.25) is 0 Å². The number of benzene rings is 1. The lowest BCUT2D eigenvalue weighted by atomic mass is 9.63. The number of thiazole rings is 1. The molecule has 0 radical (unpaired) electrons. The molecule has 210 valence electrons. The highest BCUT2D eigenvalue weighted by atomic mass is 32.1. The molecule has 2 atom stereocenters. The zero-order valence-corrected chi connectivity index (χ0v) is 22.7. The Kier molecular flexibility index (Phi) is 6.91. The van der Waals surface area contributed by atoms with Crippen molar-refractivity contribution in [1.82, 2.24) is 24.7 Å². The lowest BCUT2D eigenvalue weighted by Gasteiger charge is -2.44. The topological polar surface area (TPSA) is 126 Å². The van der Waals surface area contributed by atoms with Gasteiger partial charge in [0.1, 0.15) is 16.3 Å². The van der Waals surface area contributed by atoms with Gasteiger partial charge in [-0.2, -0.15) is 18.3 Å². The molecular formula is C27H27F3N6O3S. The van der Waals surface area contributed by atoms with E-state index in [1.807, 2.05) is 26.1 Å². The molecule has 0 bridgehead atoms. The zero-order valence-electron chi connectivity index (χ0n) is 21.9. The predicted octanol–water partition coefficient (Wildman–Crippen LogP) is 5.86. The Bertz CT molecular complexity index is 1570. The van der Waals surface area contributed by atoms with E-state index >= 15 is 0 Å². The quantitative estimate of drug-likeness (QED) is 0.262. The van der Waals surface area contributed by atoms with Crippen molar-refractivity contribution in [2.45, 2.75) is 44.9 Å². The van der Waals surface area contributed by atoms with Gasteiger partial charge in [-0.15, -0.1) is 11.3 Å². The number of aliphatic hydroxyl groups is 1. The number of carboxylic acids is 1. The number of carboxylic acid groups (broad SMARTS) is 1. The average Bonchev–Trinajstić information content (AvgIpc) is 3.53. The molecule has 0 unspecified atom stereocenters. The van der Waals surface area contributed by atoms with E-state index in [-0.39, 0.29) is 18.8 Å². The summed E-state index contributed by atoms with van der Waals surface area (Å²) >= 11 is 1.29. The van der Waals surface area contributed by atoms with Gasteiger partial charge in [0.15, 0.2) is 0 Å². The molecule has 0 saturated heterocycles. The van der Waals surface area contributed by atoms with E-state index < -0.39 is 34.8 Å². The van der Waals surface area contributed by atoms with Crippen LogP contribution in [0.15, 0.2) is 49.1 Å². The maximum atomic E-state index is 13.2. The van der Waals surface area contributed by atoms with Crippen molar-refractivity contribution in [1.29, 1.82) is 0 Å². The zero-order chi connectivity index (χ0) is 28.9. The molecule has 3 aromatic heterocycles. The van der Waals surface area contributed by atoms with Crippen molar-refractivity contribution in [2.24, 2.45) is 18.4 Å². The molecule has 3 N–H and O–H groups in total. The number of aryl methyl sites for hydroxylation is 1. The van der Waals surface area contributed by atoms with Crippen LogP contribution in [0.4, 0.5) is 24.8 Å². The van der Waals surface area contributed by atoms with Gasteiger partial charge in [0.2, 0.25) is 5.95 Å². The summed E-state index contributed by atoms with van der Waals surface area (Å²) in [5, 5.41) is 28.7. The van der Waals surface area contributed by atoms with Crippen LogP contribution >= 0.6 is 11.3 Å². The molecule has 13 heteroatoms. The third-order valence-electron chi connectivity index (χ3n) is 7.20. The number of halogens is 3. The normalized spacial score (nSPS) is 20.8. The van der Waals surface area contributed by atoms with Gasteiger partial charge in [0, 0.05) is 36.9 Å². The van der Waals surface area contributed by atoms with Crippen LogP contribution in [0.5, 0.6) is 0 Å². The molecule has 0 amide bonds. The van der Waals surface area contributed by atoms with Crippen molar-refractivity contribution in [3.05, 3.63) is 59.8 Å². The highest BCUT2D eigenvalue weighted by Gasteiger charge is 2.49. The van der Waals surface area contributed by atoms with E-state index in [1.54, 1.807) is 36.3 Å². The smallest absolute Gasteiger partial charge is 0.433 e. The molecule has 1 fully saturated rings. The SMILES string of the molecule is Cn1cc(-c2cc(Nc3nccc(C(F)(F)F)n3)cc(-c3cnc([C@@]4(O)CC[C@H](C(=O)O)C(C)(C)C4)s3)c2)cn1. The summed E-state index contributed by atoms with van der Waals surface area (Å²) in [4.78, 5) is 24.5. The monoisotopic (exact) mass is 572 g/mol. The van der Waals surface area contributed by atoms with Crippen LogP contribution in [0, 0.1) is 11.3 Å². The van der Waals surface area contributed by atoms with Crippen molar-refractivity contribution in [3.63, 3.8) is 0 Å². The molecule has 1 aromatic carbocycles. The molecule has 1 saturated carbocycles. The van der Waals surface area contributed by atoms with Crippen molar-refractivity contribution >= 4 is 28.9 Å². The van der Waals surface area contributed by atoms with Crippen LogP contribution in [0.1, 0.15) is 43.8 Å². The van der Waals surface area contributed by atoms with Gasteiger partial charge in [-0.25, -0.2) is 15.0 Å². The van der Waals surface area contributed by atoms with Crippen molar-refractivity contribution < 1.29 is 28.2 Å². The fourth-order valence-electron chi connectivity index (χ4n) is 5.29. The summed E-state index contributed by atoms with van der Waals surface area (Å²) < 4.78 is 41.2. The van der Waals surface area contributed by atoms with E-state index in [4.69, 9.17) is 0 Å². The fourth-order valence-corrected chi connectivity index (χ4v) is 6.31. The first-order chi connectivity index (χ1) is 18.7. The second-order valence-corrected chi connectivity index (χ2v) is 11.8. The maximum Gasteiger partial charge on any atom is 0.433 e. The Labute approximate surface area is 231 Å². The number of hydrogen-bond acceptors (Lipinski definition) is 8. The number of aliphatic carboxylic acids is 1. The number of carbonyl (C=O) groups is 1. The van der Waals surface area contributed by atoms with Crippen LogP contribution in [0.3, 0.4) is 0 Å². The molecule has 3 heterocycles. The van der Waals surface area contributed by atoms with Crippen molar-refractivity contribution in [2.75, 3.05) is 5.32 Å². The van der Waals surface area contributed by atoms with Crippen LogP contribution < -0.4 is 5.32 Å². The molecule has 5 rings (SSSR count). The van der Waals surface area contributed by atoms with Crippen LogP contribution in [-0.2, 0) is 23.6 Å². The van der Waals surface area contributed by atoms with E-state index in [0.29, 0.717) is 22.7 Å². The highest BCUT2D eigenvalue weighted by molar-refractivity contribution is 7.15. The van der Waals surface area contributed by atoms with Gasteiger partial charge < -0.3 is 15.5 Å². The van der Waals surface area contributed by atoms with E-state index in [9.17, 15) is 28.2 Å². The number of rotatable bonds is 6. The molecule has 1 aliphatic rings. The van der Waals surface area contributed by atoms with Crippen LogP contribution in [0.25, 0.3) is 21.6 Å². The van der Waals surface area contributed by atoms with Gasteiger partial charge in [0.05, 0.1) is 17.0 Å². The lowest BCUT2D eigenvalue weighted by Crippen LogP contribution is -2.44. The number of hydrogen-bond donors (Lipinski definition) is 3. The Morgan fingerprint density at radius 2 is 1.90 bits per heavy atom. The van der Waals surface area contributed by atoms with Gasteiger partial charge in [-0.1, -0.05) is 13.8 Å². The largest absolute Gasteiger partial charge is 0.481 e. The van der Waals surface area contributed by atoms with E-state index in [0.717, 1.165) is 28.3 Å². The Hall–Kier alpha value is -3.84. The fraction of sp³-hybridized carbons (Fsp3) is 0.370. The van der Waals surface area contributed by atoms with E-state index in [1.165, 1.54) is 11.3 Å². The summed E-state index contributed by atoms with van der Waals surface area (Å²) in [6.45, 7) is 3.69. The minimum Gasteiger partial charge on any atom is -0.481 e. The summed E-state index contributed by atoms with van der Waals surface area (Å²) in [5.41, 5.74) is -0.269. The number of alkyl halides is 3. The van der Waals surface area contributed by atoms with Gasteiger partial charge in [-0.05, 0) is 60.1 Å². The minimum atomic E-state index is -4.61. The summed E-state index contributed by atoms with van der Waals surface area (Å²) in [7, 11) is 1.78. The summed E-state index contributed by atoms with van der Waals surface area (Å²) in [6, 6.07) is 6.21. The molecule has 9 nitrogen and oxygen atoms in total. The minimum absolute atomic E-state index is 0.208. The molecular weight excluding hydrogens is 545 g/mol. The number of anilines is 2. The lowest BCUT2D eigenvalue weighted by molar-refractivity contribution is -0.154. The molecule has 0 aliphatic heterocycles. The Morgan fingerprint density at radius 3 is 2.55 bits per heavy atom. The Morgan fingerprint density at radius 1 is 1.15 bits per heavy atom. The molecule has 0 spiro atoms. The summed E-state index contributed by atoms with van der Waals surface area (Å²) in [5.74, 6) is -1.64. The molecule has 1 aliphatic carbocycles. The standard InChI is InChI=1S/C27H27F3N6O3S/c1-25(2)14-26(39,6-4-19(25)22(37)38)23-32-12-20(40-23)16-8-15(17-11-33-36(3)13-17)9-18(10-16)34-24-31-7-5-21(35-24)27(28,29)30/h5,7-13,19,39H,4,6,14H2,1-3H3,(H,37,38)(H,31,34,35)/t19-,26-/m1/s1. The average molecular weight is 573 g/mol. The summed E-state index contributed by atoms with van der Waals surface area (Å²) in [6.07, 6.45) is 2.41. The highest BCUT2D eigenvalue weighted by Crippen LogP contribution is 2.51. The third-order valence-corrected chi connectivity index (χ3v) is 8.44. The van der Waals surface area contributed by atoms with Gasteiger partial charge in [-0.3, -0.25) is 9.48 Å². The van der Waals surface area contributed by atoms with Crippen molar-refractivity contribution in [3.8, 4) is 21.6 Å². The molecule has 40 heavy (non-hydrogen) atoms. The van der Waals surface area contributed by atoms with E-state index in [2.05, 4.69) is 25.4 Å². The number of nitrogens with zero attached hydrogens (tertiary/aromatic N) is 5. The first kappa shape index (κ1) is 27.7. The predicted molar refractivity (Wildman–Crippen MR) is 143 cm³/mol. The second-order valence-electron chi connectivity index (χ2n) is 10.7. The first-order valence-electron chi connectivity index (χ1n) is 12.5.